The molecule has 0 fully saturated rings. The Bertz CT molecular complexity index is 851. The molecule has 2 aromatic heterocycles. The lowest BCUT2D eigenvalue weighted by molar-refractivity contribution is -0.144. The van der Waals surface area contributed by atoms with E-state index in [1.165, 1.54) is 14.2 Å². The molecule has 0 bridgehead atoms. The Morgan fingerprint density at radius 3 is 2.33 bits per heavy atom. The number of carbonyl (C=O) groups excluding carboxylic acids is 3. The summed E-state index contributed by atoms with van der Waals surface area (Å²) in [5.74, 6) is -1.86. The quantitative estimate of drug-likeness (QED) is 0.536. The molecule has 146 valence electrons. The van der Waals surface area contributed by atoms with Gasteiger partial charge in [-0.25, -0.2) is 9.59 Å². The lowest BCUT2D eigenvalue weighted by Gasteiger charge is -2.08. The Morgan fingerprint density at radius 2 is 1.78 bits per heavy atom. The summed E-state index contributed by atoms with van der Waals surface area (Å²) in [6.07, 6.45) is 0.592. The van der Waals surface area contributed by atoms with Gasteiger partial charge in [-0.15, -0.1) is 11.3 Å². The molecule has 10 heteroatoms. The summed E-state index contributed by atoms with van der Waals surface area (Å²) in [5, 5.41) is 7.03. The van der Waals surface area contributed by atoms with E-state index >= 15 is 0 Å². The van der Waals surface area contributed by atoms with Crippen LogP contribution >= 0.6 is 11.3 Å². The number of aryl methyl sites for hydroxylation is 2. The molecule has 0 aliphatic carbocycles. The fourth-order valence-electron chi connectivity index (χ4n) is 2.60. The molecule has 0 aliphatic heterocycles. The minimum atomic E-state index is -0.713. The van der Waals surface area contributed by atoms with E-state index in [1.807, 2.05) is 13.8 Å². The molecule has 0 aromatic carbocycles. The van der Waals surface area contributed by atoms with Gasteiger partial charge in [0.25, 0.3) is 0 Å². The van der Waals surface area contributed by atoms with Gasteiger partial charge < -0.3 is 19.9 Å². The zero-order valence-electron chi connectivity index (χ0n) is 15.5. The van der Waals surface area contributed by atoms with Gasteiger partial charge in [-0.3, -0.25) is 9.89 Å². The standard InChI is InChI=1S/C17H21N3O6S/c1-8-10(9(2)20-19-8)5-6-12(21)26-7-11-13(16(22)24-3)15(18)27-14(11)17(23)25-4/h5-7,18H2,1-4H3,(H,19,20). The van der Waals surface area contributed by atoms with Gasteiger partial charge in [-0.2, -0.15) is 5.10 Å². The molecule has 0 aliphatic rings. The number of hydrogen-bond acceptors (Lipinski definition) is 9. The van der Waals surface area contributed by atoms with Gasteiger partial charge >= 0.3 is 17.9 Å². The number of ether oxygens (including phenoxy) is 3. The van der Waals surface area contributed by atoms with Gasteiger partial charge in [0.15, 0.2) is 0 Å². The lowest BCUT2D eigenvalue weighted by Crippen LogP contribution is -2.13. The summed E-state index contributed by atoms with van der Waals surface area (Å²) < 4.78 is 14.7. The largest absolute Gasteiger partial charge is 0.465 e. The van der Waals surface area contributed by atoms with E-state index < -0.39 is 17.9 Å². The molecule has 2 aromatic rings. The van der Waals surface area contributed by atoms with Gasteiger partial charge in [0, 0.05) is 17.7 Å². The Kier molecular flexibility index (Phi) is 6.56. The minimum absolute atomic E-state index is 0.0113. The van der Waals surface area contributed by atoms with Crippen molar-refractivity contribution in [1.29, 1.82) is 0 Å². The molecule has 3 N–H and O–H groups in total. The molecule has 2 heterocycles. The van der Waals surface area contributed by atoms with Crippen LogP contribution in [0, 0.1) is 13.8 Å². The number of hydrogen-bond donors (Lipinski definition) is 2. The molecule has 2 rings (SSSR count). The highest BCUT2D eigenvalue weighted by Crippen LogP contribution is 2.33. The Labute approximate surface area is 159 Å². The van der Waals surface area contributed by atoms with E-state index in [2.05, 4.69) is 10.2 Å². The molecule has 9 nitrogen and oxygen atoms in total. The number of H-pyrrole nitrogens is 1. The minimum Gasteiger partial charge on any atom is -0.465 e. The summed E-state index contributed by atoms with van der Waals surface area (Å²) in [5.41, 5.74) is 8.70. The van der Waals surface area contributed by atoms with E-state index in [4.69, 9.17) is 19.9 Å². The molecule has 0 unspecified atom stereocenters. The predicted octanol–water partition coefficient (Wildman–Crippen LogP) is 1.92. The average molecular weight is 395 g/mol. The monoisotopic (exact) mass is 395 g/mol. The number of methoxy groups -OCH3 is 2. The van der Waals surface area contributed by atoms with Crippen LogP contribution in [0.25, 0.3) is 0 Å². The highest BCUT2D eigenvalue weighted by Gasteiger charge is 2.28. The van der Waals surface area contributed by atoms with Gasteiger partial charge in [0.05, 0.1) is 19.9 Å². The lowest BCUT2D eigenvalue weighted by atomic mass is 10.1. The highest BCUT2D eigenvalue weighted by molar-refractivity contribution is 7.18. The summed E-state index contributed by atoms with van der Waals surface area (Å²) in [6.45, 7) is 3.44. The third-order valence-electron chi connectivity index (χ3n) is 4.03. The zero-order chi connectivity index (χ0) is 20.1. The molecule has 0 spiro atoms. The number of anilines is 1. The first-order valence-electron chi connectivity index (χ1n) is 8.03. The Hall–Kier alpha value is -2.88. The van der Waals surface area contributed by atoms with Gasteiger partial charge in [-0.05, 0) is 25.8 Å². The predicted molar refractivity (Wildman–Crippen MR) is 97.6 cm³/mol. The van der Waals surface area contributed by atoms with Gasteiger partial charge in [0.2, 0.25) is 0 Å². The fraction of sp³-hybridized carbons (Fsp3) is 0.412. The Balaban J connectivity index is 2.12. The number of nitrogens with two attached hydrogens (primary N) is 1. The third kappa shape index (κ3) is 4.45. The maximum absolute atomic E-state index is 12.1. The normalized spacial score (nSPS) is 10.5. The number of aromatic amines is 1. The molecule has 0 atom stereocenters. The van der Waals surface area contributed by atoms with Crippen molar-refractivity contribution < 1.29 is 28.6 Å². The maximum atomic E-state index is 12.1. The zero-order valence-corrected chi connectivity index (χ0v) is 16.3. The number of nitrogens with one attached hydrogen (secondary N) is 1. The van der Waals surface area contributed by atoms with Crippen molar-refractivity contribution in [2.24, 2.45) is 0 Å². The van der Waals surface area contributed by atoms with Crippen LogP contribution in [-0.4, -0.2) is 42.3 Å². The second-order valence-corrected chi connectivity index (χ2v) is 6.76. The van der Waals surface area contributed by atoms with E-state index in [-0.39, 0.29) is 34.0 Å². The van der Waals surface area contributed by atoms with Crippen molar-refractivity contribution in [1.82, 2.24) is 10.2 Å². The molecular weight excluding hydrogens is 374 g/mol. The first-order valence-corrected chi connectivity index (χ1v) is 8.85. The van der Waals surface area contributed by atoms with Crippen molar-refractivity contribution in [3.63, 3.8) is 0 Å². The number of esters is 3. The van der Waals surface area contributed by atoms with Crippen molar-refractivity contribution in [2.45, 2.75) is 33.3 Å². The van der Waals surface area contributed by atoms with Crippen molar-refractivity contribution in [3.8, 4) is 0 Å². The van der Waals surface area contributed by atoms with Crippen LogP contribution in [0.2, 0.25) is 0 Å². The van der Waals surface area contributed by atoms with Crippen LogP contribution in [0.1, 0.15) is 49.0 Å². The topological polar surface area (TPSA) is 134 Å². The van der Waals surface area contributed by atoms with Crippen LogP contribution in [0.15, 0.2) is 0 Å². The van der Waals surface area contributed by atoms with Crippen molar-refractivity contribution in [3.05, 3.63) is 33.0 Å². The number of aromatic nitrogens is 2. The average Bonchev–Trinajstić information content (AvgIpc) is 3.15. The molecule has 0 saturated carbocycles. The Morgan fingerprint density at radius 1 is 1.11 bits per heavy atom. The first-order chi connectivity index (χ1) is 12.8. The van der Waals surface area contributed by atoms with E-state index in [1.54, 1.807) is 0 Å². The number of thiophene rings is 1. The van der Waals surface area contributed by atoms with Crippen LogP contribution in [-0.2, 0) is 32.0 Å². The first kappa shape index (κ1) is 20.4. The molecule has 0 saturated heterocycles. The highest BCUT2D eigenvalue weighted by atomic mass is 32.1. The van der Waals surface area contributed by atoms with Gasteiger partial charge in [-0.1, -0.05) is 0 Å². The molecule has 27 heavy (non-hydrogen) atoms. The van der Waals surface area contributed by atoms with Crippen molar-refractivity contribution in [2.75, 3.05) is 20.0 Å². The summed E-state index contributed by atoms with van der Waals surface area (Å²) in [6, 6.07) is 0. The smallest absolute Gasteiger partial charge is 0.348 e. The fourth-order valence-corrected chi connectivity index (χ4v) is 3.58. The summed E-state index contributed by atoms with van der Waals surface area (Å²) >= 11 is 0.883. The second-order valence-electron chi connectivity index (χ2n) is 5.71. The van der Waals surface area contributed by atoms with E-state index in [0.29, 0.717) is 6.42 Å². The second kappa shape index (κ2) is 8.67. The summed E-state index contributed by atoms with van der Waals surface area (Å²) in [7, 11) is 2.41. The van der Waals surface area contributed by atoms with Crippen LogP contribution < -0.4 is 5.73 Å². The number of nitrogen functional groups attached to an aromatic ring is 1. The van der Waals surface area contributed by atoms with E-state index in [0.717, 1.165) is 28.3 Å². The molecule has 0 radical (unpaired) electrons. The van der Waals surface area contributed by atoms with Crippen LogP contribution in [0.4, 0.5) is 5.00 Å². The van der Waals surface area contributed by atoms with Crippen LogP contribution in [0.5, 0.6) is 0 Å². The third-order valence-corrected chi connectivity index (χ3v) is 5.07. The molecule has 0 amide bonds. The number of nitrogens with zero attached hydrogens (tertiary/aromatic N) is 1. The maximum Gasteiger partial charge on any atom is 0.348 e. The number of carbonyl (C=O) groups is 3. The van der Waals surface area contributed by atoms with Crippen molar-refractivity contribution >= 4 is 34.2 Å². The van der Waals surface area contributed by atoms with Crippen LogP contribution in [0.3, 0.4) is 0 Å². The van der Waals surface area contributed by atoms with Gasteiger partial charge in [0.1, 0.15) is 22.0 Å². The molecular formula is C17H21N3O6S. The summed E-state index contributed by atoms with van der Waals surface area (Å²) in [4.78, 5) is 36.2. The SMILES string of the molecule is COC(=O)c1sc(N)c(C(=O)OC)c1COC(=O)CCc1c(C)n[nH]c1C. The number of rotatable bonds is 7. The van der Waals surface area contributed by atoms with E-state index in [9.17, 15) is 14.4 Å².